The molecule has 0 unspecified atom stereocenters. The molecule has 0 radical (unpaired) electrons. The number of morpholine rings is 2. The van der Waals surface area contributed by atoms with Crippen molar-refractivity contribution in [2.45, 2.75) is 6.17 Å². The molecule has 0 N–H and O–H groups in total. The van der Waals surface area contributed by atoms with Crippen LogP contribution in [0.5, 0.6) is 0 Å². The van der Waals surface area contributed by atoms with Crippen molar-refractivity contribution in [2.24, 2.45) is 0 Å². The van der Waals surface area contributed by atoms with Gasteiger partial charge in [0.15, 0.2) is 0 Å². The molecule has 0 atom stereocenters. The van der Waals surface area contributed by atoms with E-state index in [-0.39, 0.29) is 0 Å². The zero-order chi connectivity index (χ0) is 11.4. The largest absolute Gasteiger partial charge is 0.379 e. The third kappa shape index (κ3) is 2.92. The molecule has 2 rings (SSSR count). The van der Waals surface area contributed by atoms with Gasteiger partial charge in [0.05, 0.1) is 32.6 Å². The molecule has 5 heteroatoms. The average molecular weight is 242 g/mol. The molecule has 0 amide bonds. The van der Waals surface area contributed by atoms with E-state index in [1.165, 1.54) is 5.20 Å². The summed E-state index contributed by atoms with van der Waals surface area (Å²) in [4.78, 5) is 5.01. The van der Waals surface area contributed by atoms with Crippen LogP contribution in [0.15, 0.2) is 11.8 Å². The fraction of sp³-hybridized carbons (Fsp3) is 0.818. The van der Waals surface area contributed by atoms with Crippen LogP contribution < -0.4 is 0 Å². The SMILES string of the molecule is C=C([SiH3])C(N1CCOCC1)N1CCOCC1. The Balaban J connectivity index is 1.99. The summed E-state index contributed by atoms with van der Waals surface area (Å²) in [5.74, 6) is 0. The quantitative estimate of drug-likeness (QED) is 0.584. The standard InChI is InChI=1S/C11H22N2O2Si/c1-10(16)11(12-2-6-14-7-3-12)13-4-8-15-9-5-13/h11H,1-9H2,16H3. The first-order chi connectivity index (χ1) is 7.79. The van der Waals surface area contributed by atoms with Crippen molar-refractivity contribution in [1.29, 1.82) is 0 Å². The van der Waals surface area contributed by atoms with Crippen molar-refractivity contribution in [2.75, 3.05) is 52.6 Å². The molecule has 2 saturated heterocycles. The highest BCUT2D eigenvalue weighted by atomic mass is 28.1. The molecule has 0 aromatic heterocycles. The van der Waals surface area contributed by atoms with Gasteiger partial charge in [-0.3, -0.25) is 9.80 Å². The Morgan fingerprint density at radius 2 is 1.31 bits per heavy atom. The second-order valence-corrected chi connectivity index (χ2v) is 5.80. The maximum absolute atomic E-state index is 5.41. The minimum Gasteiger partial charge on any atom is -0.379 e. The van der Waals surface area contributed by atoms with Crippen LogP contribution in [0.1, 0.15) is 0 Å². The fourth-order valence-electron chi connectivity index (χ4n) is 2.50. The molecule has 0 bridgehead atoms. The van der Waals surface area contributed by atoms with Crippen molar-refractivity contribution in [3.8, 4) is 0 Å². The van der Waals surface area contributed by atoms with Crippen molar-refractivity contribution in [1.82, 2.24) is 9.80 Å². The summed E-state index contributed by atoms with van der Waals surface area (Å²) in [6, 6.07) is 0. The Labute approximate surface area is 101 Å². The summed E-state index contributed by atoms with van der Waals surface area (Å²) in [7, 11) is 1.06. The smallest absolute Gasteiger partial charge is 0.0799 e. The summed E-state index contributed by atoms with van der Waals surface area (Å²) in [6.45, 7) is 11.8. The van der Waals surface area contributed by atoms with Gasteiger partial charge in [0.1, 0.15) is 0 Å². The number of hydrogen-bond donors (Lipinski definition) is 0. The maximum Gasteiger partial charge on any atom is 0.0799 e. The molecule has 0 aliphatic carbocycles. The lowest BCUT2D eigenvalue weighted by Gasteiger charge is -2.43. The second kappa shape index (κ2) is 5.93. The number of hydrogen-bond acceptors (Lipinski definition) is 4. The van der Waals surface area contributed by atoms with Gasteiger partial charge in [-0.15, -0.1) is 6.58 Å². The third-order valence-corrected chi connectivity index (χ3v) is 3.74. The van der Waals surface area contributed by atoms with E-state index in [0.29, 0.717) is 6.17 Å². The Bertz CT molecular complexity index is 220. The molecule has 2 aliphatic rings. The van der Waals surface area contributed by atoms with Crippen molar-refractivity contribution in [3.05, 3.63) is 11.8 Å². The lowest BCUT2D eigenvalue weighted by atomic mass is 10.2. The minimum absolute atomic E-state index is 0.430. The average Bonchev–Trinajstić information content (AvgIpc) is 2.31. The molecule has 2 heterocycles. The van der Waals surface area contributed by atoms with Crippen LogP contribution in [0.25, 0.3) is 0 Å². The van der Waals surface area contributed by atoms with Crippen LogP contribution in [0.2, 0.25) is 0 Å². The van der Waals surface area contributed by atoms with E-state index in [4.69, 9.17) is 9.47 Å². The van der Waals surface area contributed by atoms with Crippen molar-refractivity contribution < 1.29 is 9.47 Å². The van der Waals surface area contributed by atoms with E-state index in [0.717, 1.165) is 62.8 Å². The number of ether oxygens (including phenoxy) is 2. The van der Waals surface area contributed by atoms with Gasteiger partial charge in [-0.05, 0) is 0 Å². The number of nitrogens with zero attached hydrogens (tertiary/aromatic N) is 2. The predicted octanol–water partition coefficient (Wildman–Crippen LogP) is -1.14. The topological polar surface area (TPSA) is 24.9 Å². The highest BCUT2D eigenvalue weighted by Gasteiger charge is 2.28. The Morgan fingerprint density at radius 1 is 0.938 bits per heavy atom. The van der Waals surface area contributed by atoms with Crippen LogP contribution in [-0.2, 0) is 9.47 Å². The lowest BCUT2D eigenvalue weighted by molar-refractivity contribution is -0.0504. The van der Waals surface area contributed by atoms with E-state index in [2.05, 4.69) is 16.4 Å². The molecule has 2 fully saturated rings. The van der Waals surface area contributed by atoms with E-state index >= 15 is 0 Å². The summed E-state index contributed by atoms with van der Waals surface area (Å²) < 4.78 is 10.8. The first-order valence-electron chi connectivity index (χ1n) is 6.08. The van der Waals surface area contributed by atoms with Gasteiger partial charge in [0, 0.05) is 36.4 Å². The van der Waals surface area contributed by atoms with E-state index < -0.39 is 0 Å². The lowest BCUT2D eigenvalue weighted by Crippen LogP contribution is -2.56. The summed E-state index contributed by atoms with van der Waals surface area (Å²) in [5.41, 5.74) is 0. The van der Waals surface area contributed by atoms with Gasteiger partial charge in [-0.1, -0.05) is 5.20 Å². The van der Waals surface area contributed by atoms with Gasteiger partial charge in [0.2, 0.25) is 0 Å². The molecule has 0 spiro atoms. The molecule has 4 nitrogen and oxygen atoms in total. The van der Waals surface area contributed by atoms with Gasteiger partial charge in [-0.2, -0.15) is 0 Å². The zero-order valence-electron chi connectivity index (χ0n) is 10.2. The highest BCUT2D eigenvalue weighted by Crippen LogP contribution is 2.15. The van der Waals surface area contributed by atoms with Gasteiger partial charge >= 0.3 is 0 Å². The van der Waals surface area contributed by atoms with E-state index in [1.807, 2.05) is 0 Å². The molecular weight excluding hydrogens is 220 g/mol. The van der Waals surface area contributed by atoms with E-state index in [9.17, 15) is 0 Å². The van der Waals surface area contributed by atoms with Crippen molar-refractivity contribution >= 4 is 10.2 Å². The summed E-state index contributed by atoms with van der Waals surface area (Å²) >= 11 is 0. The van der Waals surface area contributed by atoms with Crippen LogP contribution in [0.3, 0.4) is 0 Å². The second-order valence-electron chi connectivity index (χ2n) is 4.52. The monoisotopic (exact) mass is 242 g/mol. The normalized spacial score (nSPS) is 25.1. The molecule has 0 aromatic carbocycles. The van der Waals surface area contributed by atoms with Gasteiger partial charge < -0.3 is 9.47 Å². The van der Waals surface area contributed by atoms with Crippen molar-refractivity contribution in [3.63, 3.8) is 0 Å². The summed E-state index contributed by atoms with van der Waals surface area (Å²) in [5, 5.41) is 1.36. The molecular formula is C11H22N2O2Si. The van der Waals surface area contributed by atoms with Crippen LogP contribution >= 0.6 is 0 Å². The molecule has 0 aromatic rings. The Morgan fingerprint density at radius 3 is 1.62 bits per heavy atom. The first kappa shape index (κ1) is 12.3. The fourth-order valence-corrected chi connectivity index (χ4v) is 3.23. The van der Waals surface area contributed by atoms with Crippen LogP contribution in [-0.4, -0.2) is 78.8 Å². The number of rotatable bonds is 3. The molecule has 16 heavy (non-hydrogen) atoms. The molecule has 2 aliphatic heterocycles. The predicted molar refractivity (Wildman–Crippen MR) is 67.7 cm³/mol. The Kier molecular flexibility index (Phi) is 4.54. The van der Waals surface area contributed by atoms with E-state index in [1.54, 1.807) is 0 Å². The molecule has 0 saturated carbocycles. The Hall–Kier alpha value is -0.203. The van der Waals surface area contributed by atoms with Crippen LogP contribution in [0, 0.1) is 0 Å². The summed E-state index contributed by atoms with van der Waals surface area (Å²) in [6.07, 6.45) is 0.430. The maximum atomic E-state index is 5.41. The van der Waals surface area contributed by atoms with Gasteiger partial charge in [0.25, 0.3) is 0 Å². The highest BCUT2D eigenvalue weighted by molar-refractivity contribution is 6.21. The minimum atomic E-state index is 0.430. The first-order valence-corrected chi connectivity index (χ1v) is 7.08. The van der Waals surface area contributed by atoms with Gasteiger partial charge in [-0.25, -0.2) is 0 Å². The molecule has 92 valence electrons. The van der Waals surface area contributed by atoms with Crippen LogP contribution in [0.4, 0.5) is 0 Å². The zero-order valence-corrected chi connectivity index (χ0v) is 12.2. The third-order valence-electron chi connectivity index (χ3n) is 3.22.